The van der Waals surface area contributed by atoms with Crippen molar-refractivity contribution in [2.24, 2.45) is 0 Å². The van der Waals surface area contributed by atoms with Gasteiger partial charge < -0.3 is 10.1 Å². The van der Waals surface area contributed by atoms with Crippen LogP contribution in [0.3, 0.4) is 0 Å². The molecule has 1 atom stereocenters. The largest absolute Gasteiger partial charge is 0.418 e. The van der Waals surface area contributed by atoms with E-state index in [4.69, 9.17) is 4.74 Å². The molecule has 20 heavy (non-hydrogen) atoms. The van der Waals surface area contributed by atoms with Crippen LogP contribution in [0.25, 0.3) is 0 Å². The highest BCUT2D eigenvalue weighted by molar-refractivity contribution is 5.53. The van der Waals surface area contributed by atoms with Gasteiger partial charge in [-0.3, -0.25) is 0 Å². The van der Waals surface area contributed by atoms with Crippen LogP contribution in [-0.2, 0) is 10.9 Å². The van der Waals surface area contributed by atoms with E-state index in [1.165, 1.54) is 12.1 Å². The molecule has 1 heterocycles. The van der Waals surface area contributed by atoms with E-state index in [0.29, 0.717) is 6.42 Å². The first kappa shape index (κ1) is 15.2. The molecule has 1 unspecified atom stereocenters. The number of nitrogens with one attached hydrogen (secondary N) is 1. The maximum atomic E-state index is 13.0. The van der Waals surface area contributed by atoms with Crippen LogP contribution in [0.5, 0.6) is 0 Å². The first-order valence-electron chi connectivity index (χ1n) is 6.64. The van der Waals surface area contributed by atoms with Crippen LogP contribution < -0.4 is 5.32 Å². The number of benzene rings is 1. The van der Waals surface area contributed by atoms with E-state index < -0.39 is 17.3 Å². The molecule has 112 valence electrons. The summed E-state index contributed by atoms with van der Waals surface area (Å²) in [7, 11) is 0. The van der Waals surface area contributed by atoms with Gasteiger partial charge in [0.2, 0.25) is 0 Å². The number of ether oxygens (including phenoxy) is 1. The average molecular weight is 287 g/mol. The standard InChI is InChI=1S/C15H20F3NO/c1-13(2)9-12(14(3,4)20-13)19-11-8-6-5-7-10(11)15(16,17)18/h5-8,12,19H,9H2,1-4H3. The van der Waals surface area contributed by atoms with Crippen molar-refractivity contribution in [2.45, 2.75) is 57.5 Å². The Bertz CT molecular complexity index is 494. The SMILES string of the molecule is CC1(C)CC(Nc2ccccc2C(F)(F)F)C(C)(C)O1. The summed E-state index contributed by atoms with van der Waals surface area (Å²) in [6.45, 7) is 7.70. The highest BCUT2D eigenvalue weighted by Crippen LogP contribution is 2.41. The monoisotopic (exact) mass is 287 g/mol. The Balaban J connectivity index is 2.28. The van der Waals surface area contributed by atoms with E-state index in [0.717, 1.165) is 6.07 Å². The predicted octanol–water partition coefficient (Wildman–Crippen LogP) is 4.46. The van der Waals surface area contributed by atoms with Gasteiger partial charge in [-0.2, -0.15) is 13.2 Å². The van der Waals surface area contributed by atoms with Crippen LogP contribution >= 0.6 is 0 Å². The molecule has 1 N–H and O–H groups in total. The van der Waals surface area contributed by atoms with Gasteiger partial charge in [-0.25, -0.2) is 0 Å². The highest BCUT2D eigenvalue weighted by Gasteiger charge is 2.46. The van der Waals surface area contributed by atoms with Crippen LogP contribution in [0.1, 0.15) is 39.7 Å². The van der Waals surface area contributed by atoms with E-state index in [2.05, 4.69) is 5.32 Å². The van der Waals surface area contributed by atoms with E-state index in [-0.39, 0.29) is 17.3 Å². The maximum absolute atomic E-state index is 13.0. The molecule has 1 saturated heterocycles. The molecule has 0 amide bonds. The fourth-order valence-electron chi connectivity index (χ4n) is 2.83. The first-order chi connectivity index (χ1) is 9.01. The molecule has 0 bridgehead atoms. The molecule has 2 rings (SSSR count). The van der Waals surface area contributed by atoms with Crippen LogP contribution in [0.15, 0.2) is 24.3 Å². The predicted molar refractivity (Wildman–Crippen MR) is 72.7 cm³/mol. The van der Waals surface area contributed by atoms with Crippen LogP contribution in [0.2, 0.25) is 0 Å². The number of hydrogen-bond acceptors (Lipinski definition) is 2. The lowest BCUT2D eigenvalue weighted by atomic mass is 9.94. The minimum absolute atomic E-state index is 0.111. The Morgan fingerprint density at radius 2 is 1.75 bits per heavy atom. The summed E-state index contributed by atoms with van der Waals surface area (Å²) in [5.41, 5.74) is -1.38. The molecule has 1 aromatic rings. The fraction of sp³-hybridized carbons (Fsp3) is 0.600. The van der Waals surface area contributed by atoms with Gasteiger partial charge in [-0.1, -0.05) is 12.1 Å². The van der Waals surface area contributed by atoms with Crippen LogP contribution in [0, 0.1) is 0 Å². The van der Waals surface area contributed by atoms with Crippen molar-refractivity contribution >= 4 is 5.69 Å². The number of halogens is 3. The third-order valence-electron chi connectivity index (χ3n) is 3.64. The zero-order chi connectivity index (χ0) is 15.2. The normalized spacial score (nSPS) is 24.6. The summed E-state index contributed by atoms with van der Waals surface area (Å²) in [6.07, 6.45) is -3.70. The Hall–Kier alpha value is -1.23. The van der Waals surface area contributed by atoms with Crippen molar-refractivity contribution < 1.29 is 17.9 Å². The Labute approximate surface area is 117 Å². The zero-order valence-corrected chi connectivity index (χ0v) is 12.1. The van der Waals surface area contributed by atoms with Gasteiger partial charge in [-0.15, -0.1) is 0 Å². The van der Waals surface area contributed by atoms with Crippen molar-refractivity contribution in [3.63, 3.8) is 0 Å². The minimum atomic E-state index is -4.36. The van der Waals surface area contributed by atoms with Crippen LogP contribution in [0.4, 0.5) is 18.9 Å². The Morgan fingerprint density at radius 3 is 2.25 bits per heavy atom. The smallest absolute Gasteiger partial charge is 0.379 e. The van der Waals surface area contributed by atoms with E-state index >= 15 is 0 Å². The lowest BCUT2D eigenvalue weighted by Gasteiger charge is -2.29. The number of rotatable bonds is 2. The molecule has 0 aliphatic carbocycles. The summed E-state index contributed by atoms with van der Waals surface area (Å²) < 4.78 is 44.9. The zero-order valence-electron chi connectivity index (χ0n) is 12.1. The quantitative estimate of drug-likeness (QED) is 0.867. The molecular formula is C15H20F3NO. The number of hydrogen-bond donors (Lipinski definition) is 1. The first-order valence-corrected chi connectivity index (χ1v) is 6.64. The summed E-state index contributed by atoms with van der Waals surface area (Å²) >= 11 is 0. The van der Waals surface area contributed by atoms with Gasteiger partial charge in [0.15, 0.2) is 0 Å². The van der Waals surface area contributed by atoms with Crippen molar-refractivity contribution in [2.75, 3.05) is 5.32 Å². The van der Waals surface area contributed by atoms with Gasteiger partial charge in [-0.05, 0) is 46.2 Å². The molecule has 0 spiro atoms. The van der Waals surface area contributed by atoms with Crippen molar-refractivity contribution in [3.8, 4) is 0 Å². The molecule has 1 aliphatic heterocycles. The summed E-state index contributed by atoms with van der Waals surface area (Å²) in [5, 5.41) is 3.02. The number of anilines is 1. The second-order valence-corrected chi connectivity index (χ2v) is 6.41. The molecular weight excluding hydrogens is 267 g/mol. The lowest BCUT2D eigenvalue weighted by molar-refractivity contribution is -0.137. The van der Waals surface area contributed by atoms with Crippen molar-refractivity contribution in [1.82, 2.24) is 0 Å². The van der Waals surface area contributed by atoms with Crippen molar-refractivity contribution in [1.29, 1.82) is 0 Å². The second kappa shape index (κ2) is 4.65. The molecule has 1 aliphatic rings. The van der Waals surface area contributed by atoms with Gasteiger partial charge in [0.1, 0.15) is 0 Å². The summed E-state index contributed by atoms with van der Waals surface area (Å²) in [4.78, 5) is 0. The van der Waals surface area contributed by atoms with Gasteiger partial charge in [0, 0.05) is 5.69 Å². The molecule has 1 aromatic carbocycles. The molecule has 0 saturated carbocycles. The van der Waals surface area contributed by atoms with Crippen LogP contribution in [-0.4, -0.2) is 17.2 Å². The van der Waals surface area contributed by atoms with Gasteiger partial charge in [0.25, 0.3) is 0 Å². The van der Waals surface area contributed by atoms with Gasteiger partial charge in [0.05, 0.1) is 22.8 Å². The van der Waals surface area contributed by atoms with E-state index in [9.17, 15) is 13.2 Å². The molecule has 5 heteroatoms. The van der Waals surface area contributed by atoms with E-state index in [1.54, 1.807) is 6.07 Å². The average Bonchev–Trinajstić information content (AvgIpc) is 2.45. The minimum Gasteiger partial charge on any atom is -0.379 e. The number of alkyl halides is 3. The molecule has 0 radical (unpaired) electrons. The molecule has 0 aromatic heterocycles. The topological polar surface area (TPSA) is 21.3 Å². The van der Waals surface area contributed by atoms with Crippen molar-refractivity contribution in [3.05, 3.63) is 29.8 Å². The third kappa shape index (κ3) is 3.08. The highest BCUT2D eigenvalue weighted by atomic mass is 19.4. The Kier molecular flexibility index (Phi) is 3.53. The Morgan fingerprint density at radius 1 is 1.15 bits per heavy atom. The summed E-state index contributed by atoms with van der Waals surface area (Å²) in [5.74, 6) is 0. The number of para-hydroxylation sites is 1. The molecule has 2 nitrogen and oxygen atoms in total. The fourth-order valence-corrected chi connectivity index (χ4v) is 2.83. The molecule has 1 fully saturated rings. The van der Waals surface area contributed by atoms with Gasteiger partial charge >= 0.3 is 6.18 Å². The lowest BCUT2D eigenvalue weighted by Crippen LogP contribution is -2.38. The maximum Gasteiger partial charge on any atom is 0.418 e. The van der Waals surface area contributed by atoms with E-state index in [1.807, 2.05) is 27.7 Å². The second-order valence-electron chi connectivity index (χ2n) is 6.41. The third-order valence-corrected chi connectivity index (χ3v) is 3.64. The summed E-state index contributed by atoms with van der Waals surface area (Å²) in [6, 6.07) is 5.39.